The molecule has 0 aliphatic heterocycles. The van der Waals surface area contributed by atoms with Crippen molar-refractivity contribution < 1.29 is 4.92 Å². The highest BCUT2D eigenvalue weighted by molar-refractivity contribution is 5.51. The summed E-state index contributed by atoms with van der Waals surface area (Å²) in [6, 6.07) is 2.00. The zero-order valence-corrected chi connectivity index (χ0v) is 13.0. The van der Waals surface area contributed by atoms with E-state index in [0.29, 0.717) is 18.1 Å². The van der Waals surface area contributed by atoms with Crippen LogP contribution in [0.5, 0.6) is 0 Å². The minimum absolute atomic E-state index is 0.0453. The number of nitrogens with zero attached hydrogens (tertiary/aromatic N) is 5. The predicted octanol–water partition coefficient (Wildman–Crippen LogP) is 2.82. The second-order valence-electron chi connectivity index (χ2n) is 4.98. The van der Waals surface area contributed by atoms with Crippen molar-refractivity contribution in [2.45, 2.75) is 53.5 Å². The molecule has 0 spiro atoms. The Bertz CT molecular complexity index is 657. The molecule has 0 aliphatic rings. The quantitative estimate of drug-likeness (QED) is 0.605. The highest BCUT2D eigenvalue weighted by atomic mass is 16.6. The molecule has 2 rings (SSSR count). The van der Waals surface area contributed by atoms with E-state index in [4.69, 9.17) is 0 Å². The zero-order chi connectivity index (χ0) is 15.6. The third-order valence-corrected chi connectivity index (χ3v) is 3.45. The summed E-state index contributed by atoms with van der Waals surface area (Å²) < 4.78 is 3.38. The minimum atomic E-state index is -0.365. The summed E-state index contributed by atoms with van der Waals surface area (Å²) >= 11 is 0. The van der Waals surface area contributed by atoms with E-state index >= 15 is 0 Å². The number of nitro groups is 1. The van der Waals surface area contributed by atoms with Gasteiger partial charge in [-0.3, -0.25) is 10.1 Å². The first kappa shape index (κ1) is 15.2. The fourth-order valence-corrected chi connectivity index (χ4v) is 2.43. The lowest BCUT2D eigenvalue weighted by Crippen LogP contribution is -2.12. The Morgan fingerprint density at radius 3 is 2.48 bits per heavy atom. The molecule has 0 saturated carbocycles. The molecule has 0 radical (unpaired) electrons. The summed E-state index contributed by atoms with van der Waals surface area (Å²) in [6.07, 6.45) is 2.42. The smallest absolute Gasteiger partial charge is 0.258 e. The Labute approximate surface area is 123 Å². The maximum atomic E-state index is 11.4. The molecule has 0 fully saturated rings. The van der Waals surface area contributed by atoms with Crippen LogP contribution in [0.1, 0.15) is 44.3 Å². The zero-order valence-electron chi connectivity index (χ0n) is 13.0. The van der Waals surface area contributed by atoms with Gasteiger partial charge >= 0.3 is 5.69 Å². The molecule has 2 aromatic heterocycles. The molecule has 0 bridgehead atoms. The van der Waals surface area contributed by atoms with Crippen LogP contribution in [-0.4, -0.2) is 24.5 Å². The summed E-state index contributed by atoms with van der Waals surface area (Å²) in [7, 11) is 0. The second-order valence-corrected chi connectivity index (χ2v) is 4.98. The van der Waals surface area contributed by atoms with Crippen molar-refractivity contribution in [2.24, 2.45) is 0 Å². The van der Waals surface area contributed by atoms with Gasteiger partial charge < -0.3 is 0 Å². The molecule has 0 atom stereocenters. The largest absolute Gasteiger partial charge is 0.336 e. The van der Waals surface area contributed by atoms with Gasteiger partial charge in [0, 0.05) is 12.2 Å². The first-order chi connectivity index (χ1) is 10.0. The summed E-state index contributed by atoms with van der Waals surface area (Å²) in [6.45, 7) is 8.37. The van der Waals surface area contributed by atoms with Crippen LogP contribution in [0, 0.1) is 17.0 Å². The van der Waals surface area contributed by atoms with Gasteiger partial charge in [0.15, 0.2) is 0 Å². The number of hydrogen-bond acceptors (Lipinski definition) is 4. The van der Waals surface area contributed by atoms with Crippen LogP contribution >= 0.6 is 0 Å². The fraction of sp³-hybridized carbons (Fsp3) is 0.571. The van der Waals surface area contributed by atoms with Gasteiger partial charge in [-0.1, -0.05) is 20.8 Å². The Balaban J connectivity index is 2.71. The van der Waals surface area contributed by atoms with E-state index in [1.54, 1.807) is 16.3 Å². The van der Waals surface area contributed by atoms with Crippen LogP contribution in [0.2, 0.25) is 0 Å². The number of hydrogen-bond donors (Lipinski definition) is 0. The van der Waals surface area contributed by atoms with E-state index in [1.165, 1.54) is 0 Å². The van der Waals surface area contributed by atoms with Crippen molar-refractivity contribution in [1.29, 1.82) is 0 Å². The van der Waals surface area contributed by atoms with Crippen LogP contribution < -0.4 is 0 Å². The third-order valence-electron chi connectivity index (χ3n) is 3.45. The second kappa shape index (κ2) is 6.07. The number of aryl methyl sites for hydroxylation is 4. The van der Waals surface area contributed by atoms with Gasteiger partial charge in [0.05, 0.1) is 10.6 Å². The standard InChI is InChI=1S/C14H21N5O2/c1-5-8-17-14(13(19(20)21)10(4)15-17)18-12(7-3)9-11(6-2)16-18/h9H,5-8H2,1-4H3. The van der Waals surface area contributed by atoms with Crippen LogP contribution in [0.15, 0.2) is 6.07 Å². The summed E-state index contributed by atoms with van der Waals surface area (Å²) in [5.41, 5.74) is 2.37. The van der Waals surface area contributed by atoms with Crippen molar-refractivity contribution in [3.63, 3.8) is 0 Å². The monoisotopic (exact) mass is 291 g/mol. The lowest BCUT2D eigenvalue weighted by molar-refractivity contribution is -0.385. The van der Waals surface area contributed by atoms with E-state index < -0.39 is 0 Å². The Morgan fingerprint density at radius 2 is 1.95 bits per heavy atom. The molecule has 0 unspecified atom stereocenters. The SMILES string of the molecule is CCCn1nc(C)c([N+](=O)[O-])c1-n1nc(CC)cc1CC. The normalized spacial score (nSPS) is 11.0. The van der Waals surface area contributed by atoms with Gasteiger partial charge in [-0.2, -0.15) is 10.2 Å². The minimum Gasteiger partial charge on any atom is -0.258 e. The molecule has 0 N–H and O–H groups in total. The topological polar surface area (TPSA) is 78.8 Å². The maximum absolute atomic E-state index is 11.4. The van der Waals surface area contributed by atoms with Crippen molar-refractivity contribution in [2.75, 3.05) is 0 Å². The van der Waals surface area contributed by atoms with Gasteiger partial charge in [-0.15, -0.1) is 0 Å². The molecular weight excluding hydrogens is 270 g/mol. The van der Waals surface area contributed by atoms with Crippen molar-refractivity contribution in [3.05, 3.63) is 33.3 Å². The van der Waals surface area contributed by atoms with Gasteiger partial charge in [0.2, 0.25) is 5.82 Å². The molecule has 0 aliphatic carbocycles. The van der Waals surface area contributed by atoms with E-state index in [9.17, 15) is 10.1 Å². The van der Waals surface area contributed by atoms with Crippen molar-refractivity contribution >= 4 is 5.69 Å². The predicted molar refractivity (Wildman–Crippen MR) is 79.8 cm³/mol. The summed E-state index contributed by atoms with van der Waals surface area (Å²) in [4.78, 5) is 11.1. The molecule has 2 aromatic rings. The molecule has 0 saturated heterocycles. The van der Waals surface area contributed by atoms with E-state index in [0.717, 1.165) is 30.7 Å². The van der Waals surface area contributed by atoms with E-state index in [2.05, 4.69) is 10.2 Å². The van der Waals surface area contributed by atoms with E-state index in [1.807, 2.05) is 26.8 Å². The highest BCUT2D eigenvalue weighted by Gasteiger charge is 2.28. The molecule has 2 heterocycles. The lowest BCUT2D eigenvalue weighted by Gasteiger charge is -2.08. The van der Waals surface area contributed by atoms with Gasteiger partial charge in [0.25, 0.3) is 0 Å². The van der Waals surface area contributed by atoms with Gasteiger partial charge in [-0.25, -0.2) is 9.36 Å². The summed E-state index contributed by atoms with van der Waals surface area (Å²) in [5.74, 6) is 0.468. The van der Waals surface area contributed by atoms with Crippen molar-refractivity contribution in [3.8, 4) is 5.82 Å². The van der Waals surface area contributed by atoms with Crippen molar-refractivity contribution in [1.82, 2.24) is 19.6 Å². The molecule has 114 valence electrons. The van der Waals surface area contributed by atoms with Crippen LogP contribution in [0.25, 0.3) is 5.82 Å². The average molecular weight is 291 g/mol. The first-order valence-electron chi connectivity index (χ1n) is 7.33. The van der Waals surface area contributed by atoms with Crippen LogP contribution in [0.4, 0.5) is 5.69 Å². The molecule has 7 nitrogen and oxygen atoms in total. The fourth-order valence-electron chi connectivity index (χ4n) is 2.43. The number of aromatic nitrogens is 4. The van der Waals surface area contributed by atoms with Gasteiger partial charge in [-0.05, 0) is 32.3 Å². The lowest BCUT2D eigenvalue weighted by atomic mass is 10.2. The maximum Gasteiger partial charge on any atom is 0.336 e. The molecule has 0 amide bonds. The highest BCUT2D eigenvalue weighted by Crippen LogP contribution is 2.28. The van der Waals surface area contributed by atoms with Crippen LogP contribution in [0.3, 0.4) is 0 Å². The Hall–Kier alpha value is -2.18. The molecule has 0 aromatic carbocycles. The Kier molecular flexibility index (Phi) is 4.40. The Morgan fingerprint density at radius 1 is 1.24 bits per heavy atom. The third kappa shape index (κ3) is 2.68. The molecular formula is C14H21N5O2. The van der Waals surface area contributed by atoms with Gasteiger partial charge in [0.1, 0.15) is 5.69 Å². The van der Waals surface area contributed by atoms with E-state index in [-0.39, 0.29) is 10.6 Å². The average Bonchev–Trinajstić information content (AvgIpc) is 2.99. The molecule has 7 heteroatoms. The first-order valence-corrected chi connectivity index (χ1v) is 7.33. The number of rotatable bonds is 6. The molecule has 21 heavy (non-hydrogen) atoms. The van der Waals surface area contributed by atoms with Crippen LogP contribution in [-0.2, 0) is 19.4 Å². The summed E-state index contributed by atoms with van der Waals surface area (Å²) in [5, 5.41) is 20.3.